The molecule has 0 N–H and O–H groups in total. The highest BCUT2D eigenvalue weighted by Crippen LogP contribution is 2.19. The lowest BCUT2D eigenvalue weighted by Gasteiger charge is -2.34. The molecular weight excluding hydrogens is 352 g/mol. The van der Waals surface area contributed by atoms with E-state index in [-0.39, 0.29) is 0 Å². The second-order valence-corrected chi connectivity index (χ2v) is 8.53. The number of hydrogen-bond acceptors (Lipinski definition) is 5. The van der Waals surface area contributed by atoms with Gasteiger partial charge in [0.05, 0.1) is 0 Å². The average Bonchev–Trinajstić information content (AvgIpc) is 2.68. The van der Waals surface area contributed by atoms with E-state index in [0.29, 0.717) is 0 Å². The Labute approximate surface area is 168 Å². The van der Waals surface area contributed by atoms with Crippen molar-refractivity contribution in [3.8, 4) is 0 Å². The minimum atomic E-state index is 0.756. The summed E-state index contributed by atoms with van der Waals surface area (Å²) in [6, 6.07) is 8.78. The Hall–Kier alpha value is -1.43. The van der Waals surface area contributed by atoms with Gasteiger partial charge < -0.3 is 9.80 Å². The lowest BCUT2D eigenvalue weighted by Crippen LogP contribution is -2.40. The summed E-state index contributed by atoms with van der Waals surface area (Å²) in [6.45, 7) is 7.93. The van der Waals surface area contributed by atoms with E-state index in [2.05, 4.69) is 58.0 Å². The van der Waals surface area contributed by atoms with Gasteiger partial charge in [-0.2, -0.15) is 0 Å². The Bertz CT molecular complexity index is 704. The summed E-state index contributed by atoms with van der Waals surface area (Å²) < 4.78 is 0. The molecule has 3 rings (SSSR count). The Morgan fingerprint density at radius 3 is 2.74 bits per heavy atom. The van der Waals surface area contributed by atoms with Crippen molar-refractivity contribution < 1.29 is 0 Å². The van der Waals surface area contributed by atoms with Crippen LogP contribution in [0.5, 0.6) is 0 Å². The smallest absolute Gasteiger partial charge is 0.187 e. The Kier molecular flexibility index (Phi) is 7.68. The normalized spacial score (nSPS) is 18.1. The highest BCUT2D eigenvalue weighted by molar-refractivity contribution is 7.98. The van der Waals surface area contributed by atoms with Gasteiger partial charge in [-0.1, -0.05) is 36.0 Å². The van der Waals surface area contributed by atoms with Gasteiger partial charge in [-0.05, 0) is 63.1 Å². The van der Waals surface area contributed by atoms with Crippen molar-refractivity contribution in [2.75, 3.05) is 39.5 Å². The van der Waals surface area contributed by atoms with Crippen LogP contribution in [0.2, 0.25) is 0 Å². The molecule has 0 bridgehead atoms. The van der Waals surface area contributed by atoms with Crippen LogP contribution in [0.4, 0.5) is 0 Å². The highest BCUT2D eigenvalue weighted by Gasteiger charge is 2.21. The fourth-order valence-electron chi connectivity index (χ4n) is 4.02. The van der Waals surface area contributed by atoms with E-state index < -0.39 is 0 Å². The van der Waals surface area contributed by atoms with E-state index in [1.165, 1.54) is 49.2 Å². The van der Waals surface area contributed by atoms with E-state index in [1.54, 1.807) is 11.8 Å². The van der Waals surface area contributed by atoms with Crippen LogP contribution in [0.25, 0.3) is 0 Å². The molecule has 2 heterocycles. The third-order valence-corrected chi connectivity index (χ3v) is 6.02. The summed E-state index contributed by atoms with van der Waals surface area (Å²) in [7, 11) is 2.22. The lowest BCUT2D eigenvalue weighted by atomic mass is 9.96. The van der Waals surface area contributed by atoms with Crippen LogP contribution < -0.4 is 0 Å². The molecule has 1 aliphatic rings. The maximum absolute atomic E-state index is 4.39. The number of hydrogen-bond donors (Lipinski definition) is 0. The van der Waals surface area contributed by atoms with Crippen molar-refractivity contribution in [3.63, 3.8) is 0 Å². The number of aryl methyl sites for hydroxylation is 1. The van der Waals surface area contributed by atoms with Crippen LogP contribution >= 0.6 is 11.8 Å². The number of thioether (sulfide) groups is 1. The fraction of sp³-hybridized carbons (Fsp3) is 0.545. The molecule has 1 aromatic heterocycles. The summed E-state index contributed by atoms with van der Waals surface area (Å²) in [5.41, 5.74) is 4.11. The predicted octanol–water partition coefficient (Wildman–Crippen LogP) is 3.89. The first-order valence-corrected chi connectivity index (χ1v) is 11.2. The highest BCUT2D eigenvalue weighted by atomic mass is 32.2. The van der Waals surface area contributed by atoms with Crippen LogP contribution in [0.3, 0.4) is 0 Å². The molecule has 1 saturated heterocycles. The van der Waals surface area contributed by atoms with Crippen molar-refractivity contribution in [2.24, 2.45) is 5.92 Å². The van der Waals surface area contributed by atoms with Gasteiger partial charge in [-0.15, -0.1) is 0 Å². The zero-order valence-electron chi connectivity index (χ0n) is 16.9. The van der Waals surface area contributed by atoms with Crippen LogP contribution in [0, 0.1) is 12.8 Å². The first-order chi connectivity index (χ1) is 13.1. The summed E-state index contributed by atoms with van der Waals surface area (Å²) in [6.07, 6.45) is 9.75. The fourth-order valence-corrected chi connectivity index (χ4v) is 4.34. The van der Waals surface area contributed by atoms with Crippen LogP contribution in [-0.2, 0) is 13.0 Å². The van der Waals surface area contributed by atoms with Crippen molar-refractivity contribution in [1.82, 2.24) is 19.8 Å². The molecule has 0 unspecified atom stereocenters. The van der Waals surface area contributed by atoms with Crippen molar-refractivity contribution in [2.45, 2.75) is 37.9 Å². The number of benzene rings is 1. The van der Waals surface area contributed by atoms with E-state index in [4.69, 9.17) is 0 Å². The maximum Gasteiger partial charge on any atom is 0.187 e. The van der Waals surface area contributed by atoms with Crippen molar-refractivity contribution in [1.29, 1.82) is 0 Å². The van der Waals surface area contributed by atoms with E-state index >= 15 is 0 Å². The number of likely N-dealkylation sites (tertiary alicyclic amines) is 1. The SMILES string of the molecule is CSc1ncc(CN(C)C[C@@H]2CCCN(CCc3ccccc3C)C2)cn1. The van der Waals surface area contributed by atoms with Crippen molar-refractivity contribution in [3.05, 3.63) is 53.3 Å². The first kappa shape index (κ1) is 20.3. The molecule has 0 amide bonds. The van der Waals surface area contributed by atoms with Gasteiger partial charge >= 0.3 is 0 Å². The van der Waals surface area contributed by atoms with Crippen LogP contribution in [0.15, 0.2) is 41.8 Å². The summed E-state index contributed by atoms with van der Waals surface area (Å²) in [5, 5.41) is 0.845. The topological polar surface area (TPSA) is 32.3 Å². The van der Waals surface area contributed by atoms with Gasteiger partial charge in [0.2, 0.25) is 0 Å². The van der Waals surface area contributed by atoms with Gasteiger partial charge in [-0.3, -0.25) is 0 Å². The van der Waals surface area contributed by atoms with Gasteiger partial charge in [-0.25, -0.2) is 9.97 Å². The molecule has 5 heteroatoms. The average molecular weight is 385 g/mol. The molecular formula is C22H32N4S. The van der Waals surface area contributed by atoms with Gasteiger partial charge in [0.1, 0.15) is 0 Å². The summed E-state index contributed by atoms with van der Waals surface area (Å²) >= 11 is 1.59. The third-order valence-electron chi connectivity index (χ3n) is 5.45. The number of nitrogens with zero attached hydrogens (tertiary/aromatic N) is 4. The minimum absolute atomic E-state index is 0.756. The third kappa shape index (κ3) is 6.30. The standard InChI is InChI=1S/C22H32N4S/c1-18-7-4-5-9-21(18)10-12-26-11-6-8-19(17-26)15-25(2)16-20-13-23-22(27-3)24-14-20/h4-5,7,9,13-14,19H,6,8,10-12,15-17H2,1-3H3/t19-/m0/s1. The van der Waals surface area contributed by atoms with Crippen LogP contribution in [-0.4, -0.2) is 59.3 Å². The van der Waals surface area contributed by atoms with Gasteiger partial charge in [0.15, 0.2) is 5.16 Å². The summed E-state index contributed by atoms with van der Waals surface area (Å²) in [4.78, 5) is 13.9. The maximum atomic E-state index is 4.39. The Balaban J connectivity index is 1.45. The number of rotatable bonds is 8. The molecule has 0 saturated carbocycles. The Morgan fingerprint density at radius 1 is 1.22 bits per heavy atom. The molecule has 1 atom stereocenters. The van der Waals surface area contributed by atoms with E-state index in [0.717, 1.165) is 30.6 Å². The largest absolute Gasteiger partial charge is 0.303 e. The molecule has 1 fully saturated rings. The number of aromatic nitrogens is 2. The van der Waals surface area contributed by atoms with Crippen LogP contribution in [0.1, 0.15) is 29.5 Å². The monoisotopic (exact) mass is 384 g/mol. The predicted molar refractivity (Wildman–Crippen MR) is 114 cm³/mol. The second kappa shape index (κ2) is 10.2. The molecule has 1 aliphatic heterocycles. The molecule has 2 aromatic rings. The molecule has 146 valence electrons. The molecule has 0 aliphatic carbocycles. The Morgan fingerprint density at radius 2 is 2.00 bits per heavy atom. The van der Waals surface area contributed by atoms with E-state index in [9.17, 15) is 0 Å². The van der Waals surface area contributed by atoms with Gasteiger partial charge in [0.25, 0.3) is 0 Å². The molecule has 0 radical (unpaired) electrons. The zero-order valence-corrected chi connectivity index (χ0v) is 17.7. The molecule has 1 aromatic carbocycles. The van der Waals surface area contributed by atoms with E-state index in [1.807, 2.05) is 18.6 Å². The second-order valence-electron chi connectivity index (χ2n) is 7.76. The lowest BCUT2D eigenvalue weighted by molar-refractivity contribution is 0.142. The quantitative estimate of drug-likeness (QED) is 0.509. The minimum Gasteiger partial charge on any atom is -0.303 e. The van der Waals surface area contributed by atoms with Crippen molar-refractivity contribution >= 4 is 11.8 Å². The summed E-state index contributed by atoms with van der Waals surface area (Å²) in [5.74, 6) is 0.756. The molecule has 27 heavy (non-hydrogen) atoms. The molecule has 4 nitrogen and oxygen atoms in total. The first-order valence-electron chi connectivity index (χ1n) is 9.94. The van der Waals surface area contributed by atoms with Gasteiger partial charge in [0, 0.05) is 44.1 Å². The molecule has 0 spiro atoms. The zero-order chi connectivity index (χ0) is 19.1. The number of piperidine rings is 1.